The number of aldehydes is 1. The van der Waals surface area contributed by atoms with Crippen LogP contribution in [0.5, 0.6) is 11.5 Å². The topological polar surface area (TPSA) is 77.5 Å². The van der Waals surface area contributed by atoms with Crippen molar-refractivity contribution in [2.75, 3.05) is 19.5 Å². The number of hydrogen-bond donors (Lipinski definition) is 1. The first-order valence-electron chi connectivity index (χ1n) is 6.78. The summed E-state index contributed by atoms with van der Waals surface area (Å²) in [4.78, 5) is 26.7. The van der Waals surface area contributed by atoms with Crippen molar-refractivity contribution in [3.8, 4) is 11.5 Å². The van der Waals surface area contributed by atoms with Crippen molar-refractivity contribution in [3.05, 3.63) is 53.9 Å². The number of rotatable bonds is 6. The average Bonchev–Trinajstić information content (AvgIpc) is 2.60. The maximum absolute atomic E-state index is 11.9. The summed E-state index contributed by atoms with van der Waals surface area (Å²) in [6.07, 6.45) is 6.54. The van der Waals surface area contributed by atoms with E-state index in [1.54, 1.807) is 44.6 Å². The second-order valence-electron chi connectivity index (χ2n) is 4.52. The Balaban J connectivity index is 2.10. The van der Waals surface area contributed by atoms with Gasteiger partial charge in [0.25, 0.3) is 0 Å². The first-order chi connectivity index (χ1) is 11.2. The van der Waals surface area contributed by atoms with Gasteiger partial charge in [-0.25, -0.2) is 0 Å². The molecule has 0 atom stereocenters. The number of aromatic nitrogens is 1. The van der Waals surface area contributed by atoms with Gasteiger partial charge in [-0.15, -0.1) is 0 Å². The van der Waals surface area contributed by atoms with E-state index >= 15 is 0 Å². The molecule has 1 aromatic carbocycles. The third-order valence-corrected chi connectivity index (χ3v) is 3.07. The van der Waals surface area contributed by atoms with E-state index in [1.807, 2.05) is 0 Å². The van der Waals surface area contributed by atoms with Gasteiger partial charge in [-0.05, 0) is 29.8 Å². The lowest BCUT2D eigenvalue weighted by atomic mass is 10.2. The van der Waals surface area contributed by atoms with Crippen LogP contribution < -0.4 is 14.8 Å². The fourth-order valence-electron chi connectivity index (χ4n) is 1.92. The zero-order valence-electron chi connectivity index (χ0n) is 12.8. The lowest BCUT2D eigenvalue weighted by molar-refractivity contribution is -0.111. The van der Waals surface area contributed by atoms with Gasteiger partial charge < -0.3 is 14.8 Å². The number of carbonyl (C=O) groups is 2. The Morgan fingerprint density at radius 3 is 2.65 bits per heavy atom. The van der Waals surface area contributed by atoms with Gasteiger partial charge in [0, 0.05) is 18.5 Å². The minimum atomic E-state index is -0.353. The molecule has 0 radical (unpaired) electrons. The number of hydrogen-bond acceptors (Lipinski definition) is 5. The van der Waals surface area contributed by atoms with Crippen LogP contribution in [0.2, 0.25) is 0 Å². The molecule has 1 N–H and O–H groups in total. The summed E-state index contributed by atoms with van der Waals surface area (Å²) in [6.45, 7) is 0. The molecule has 2 rings (SSSR count). The zero-order valence-corrected chi connectivity index (χ0v) is 12.8. The standard InChI is InChI=1S/C17H16N2O4/c1-22-15-5-3-12(9-16(15)23-2)4-6-17(21)19-14-7-8-18-10-13(14)11-20/h3-11H,1-2H3,(H,18,19,21)/b6-4+. The van der Waals surface area contributed by atoms with E-state index in [-0.39, 0.29) is 5.91 Å². The quantitative estimate of drug-likeness (QED) is 0.655. The molecular formula is C17H16N2O4. The smallest absolute Gasteiger partial charge is 0.248 e. The Kier molecular flexibility index (Phi) is 5.46. The highest BCUT2D eigenvalue weighted by Gasteiger charge is 2.05. The number of benzene rings is 1. The Morgan fingerprint density at radius 1 is 1.17 bits per heavy atom. The normalized spacial score (nSPS) is 10.3. The molecular weight excluding hydrogens is 296 g/mol. The summed E-state index contributed by atoms with van der Waals surface area (Å²) < 4.78 is 10.4. The summed E-state index contributed by atoms with van der Waals surface area (Å²) in [6, 6.07) is 6.87. The van der Waals surface area contributed by atoms with Crippen LogP contribution in [0.25, 0.3) is 6.08 Å². The first-order valence-corrected chi connectivity index (χ1v) is 6.78. The van der Waals surface area contributed by atoms with Crippen LogP contribution >= 0.6 is 0 Å². The van der Waals surface area contributed by atoms with E-state index in [2.05, 4.69) is 10.3 Å². The van der Waals surface area contributed by atoms with E-state index in [9.17, 15) is 9.59 Å². The molecule has 6 nitrogen and oxygen atoms in total. The maximum atomic E-state index is 11.9. The van der Waals surface area contributed by atoms with E-state index in [1.165, 1.54) is 18.5 Å². The van der Waals surface area contributed by atoms with Crippen LogP contribution in [0, 0.1) is 0 Å². The van der Waals surface area contributed by atoms with Crippen molar-refractivity contribution in [3.63, 3.8) is 0 Å². The number of pyridine rings is 1. The molecule has 0 saturated carbocycles. The van der Waals surface area contributed by atoms with Gasteiger partial charge in [-0.2, -0.15) is 0 Å². The predicted molar refractivity (Wildman–Crippen MR) is 86.8 cm³/mol. The number of nitrogens with zero attached hydrogens (tertiary/aromatic N) is 1. The molecule has 1 aromatic heterocycles. The second-order valence-corrected chi connectivity index (χ2v) is 4.52. The molecule has 0 aliphatic carbocycles. The van der Waals surface area contributed by atoms with Crippen molar-refractivity contribution in [2.24, 2.45) is 0 Å². The molecule has 2 aromatic rings. The molecule has 1 amide bonds. The maximum Gasteiger partial charge on any atom is 0.248 e. The van der Waals surface area contributed by atoms with E-state index in [0.717, 1.165) is 5.56 Å². The molecule has 0 saturated heterocycles. The summed E-state index contributed by atoms with van der Waals surface area (Å²) in [5.41, 5.74) is 1.51. The largest absolute Gasteiger partial charge is 0.493 e. The number of carbonyl (C=O) groups excluding carboxylic acids is 2. The third-order valence-electron chi connectivity index (χ3n) is 3.07. The number of amides is 1. The summed E-state index contributed by atoms with van der Waals surface area (Å²) in [5, 5.41) is 2.63. The number of nitrogens with one attached hydrogen (secondary N) is 1. The van der Waals surface area contributed by atoms with Crippen LogP contribution in [0.15, 0.2) is 42.7 Å². The van der Waals surface area contributed by atoms with Crippen molar-refractivity contribution in [2.45, 2.75) is 0 Å². The van der Waals surface area contributed by atoms with E-state index in [0.29, 0.717) is 29.0 Å². The molecule has 0 spiro atoms. The van der Waals surface area contributed by atoms with E-state index in [4.69, 9.17) is 9.47 Å². The highest BCUT2D eigenvalue weighted by Crippen LogP contribution is 2.27. The fourth-order valence-corrected chi connectivity index (χ4v) is 1.92. The SMILES string of the molecule is COc1ccc(/C=C/C(=O)Nc2ccncc2C=O)cc1OC. The lowest BCUT2D eigenvalue weighted by Crippen LogP contribution is -2.09. The van der Waals surface area contributed by atoms with Gasteiger partial charge in [0.2, 0.25) is 5.91 Å². The Hall–Kier alpha value is -3.15. The molecule has 0 unspecified atom stereocenters. The Labute approximate surface area is 133 Å². The van der Waals surface area contributed by atoms with Gasteiger partial charge in [0.05, 0.1) is 25.5 Å². The van der Waals surface area contributed by atoms with Gasteiger partial charge in [-0.3, -0.25) is 14.6 Å². The summed E-state index contributed by atoms with van der Waals surface area (Å²) in [7, 11) is 3.10. The molecule has 0 fully saturated rings. The van der Waals surface area contributed by atoms with Crippen molar-refractivity contribution in [1.82, 2.24) is 4.98 Å². The molecule has 0 bridgehead atoms. The van der Waals surface area contributed by atoms with Crippen LogP contribution in [-0.2, 0) is 4.79 Å². The zero-order chi connectivity index (χ0) is 16.7. The monoisotopic (exact) mass is 312 g/mol. The van der Waals surface area contributed by atoms with Crippen LogP contribution in [0.3, 0.4) is 0 Å². The van der Waals surface area contributed by atoms with Crippen LogP contribution in [0.1, 0.15) is 15.9 Å². The number of anilines is 1. The highest BCUT2D eigenvalue weighted by atomic mass is 16.5. The molecule has 23 heavy (non-hydrogen) atoms. The molecule has 118 valence electrons. The van der Waals surface area contributed by atoms with Gasteiger partial charge in [-0.1, -0.05) is 6.07 Å². The second kappa shape index (κ2) is 7.74. The predicted octanol–water partition coefficient (Wildman–Crippen LogP) is 2.56. The summed E-state index contributed by atoms with van der Waals surface area (Å²) in [5.74, 6) is 0.836. The molecule has 1 heterocycles. The fraction of sp³-hybridized carbons (Fsp3) is 0.118. The Morgan fingerprint density at radius 2 is 1.96 bits per heavy atom. The molecule has 0 aliphatic rings. The lowest BCUT2D eigenvalue weighted by Gasteiger charge is -2.07. The van der Waals surface area contributed by atoms with E-state index < -0.39 is 0 Å². The third kappa shape index (κ3) is 4.16. The minimum absolute atomic E-state index is 0.320. The van der Waals surface area contributed by atoms with Gasteiger partial charge in [0.1, 0.15) is 0 Å². The van der Waals surface area contributed by atoms with Gasteiger partial charge in [0.15, 0.2) is 17.8 Å². The molecule has 6 heteroatoms. The average molecular weight is 312 g/mol. The van der Waals surface area contributed by atoms with Crippen molar-refractivity contribution >= 4 is 24.0 Å². The first kappa shape index (κ1) is 16.2. The summed E-state index contributed by atoms with van der Waals surface area (Å²) >= 11 is 0. The molecule has 0 aliphatic heterocycles. The Bertz CT molecular complexity index is 741. The minimum Gasteiger partial charge on any atom is -0.493 e. The van der Waals surface area contributed by atoms with Crippen molar-refractivity contribution < 1.29 is 19.1 Å². The van der Waals surface area contributed by atoms with Crippen molar-refractivity contribution in [1.29, 1.82) is 0 Å². The van der Waals surface area contributed by atoms with Crippen LogP contribution in [0.4, 0.5) is 5.69 Å². The number of ether oxygens (including phenoxy) is 2. The highest BCUT2D eigenvalue weighted by molar-refractivity contribution is 6.04. The number of methoxy groups -OCH3 is 2. The van der Waals surface area contributed by atoms with Crippen LogP contribution in [-0.4, -0.2) is 31.4 Å². The van der Waals surface area contributed by atoms with Gasteiger partial charge >= 0.3 is 0 Å².